The molecule has 0 aliphatic heterocycles. The molecule has 10 heteroatoms. The van der Waals surface area contributed by atoms with Crippen molar-refractivity contribution in [3.8, 4) is 11.5 Å². The average Bonchev–Trinajstić information content (AvgIpc) is 2.71. The second-order valence-electron chi connectivity index (χ2n) is 6.34. The Balaban J connectivity index is 2.24. The number of rotatable bonds is 6. The second kappa shape index (κ2) is 10.0. The minimum absolute atomic E-state index is 0.0589. The van der Waals surface area contributed by atoms with Crippen molar-refractivity contribution in [2.24, 2.45) is 0 Å². The molecule has 0 saturated heterocycles. The molecule has 162 valence electrons. The number of ether oxygens (including phenoxy) is 2. The Morgan fingerprint density at radius 1 is 0.903 bits per heavy atom. The first-order valence-corrected chi connectivity index (χ1v) is 8.97. The van der Waals surface area contributed by atoms with E-state index in [1.165, 1.54) is 24.3 Å². The molecule has 31 heavy (non-hydrogen) atoms. The molecule has 0 radical (unpaired) electrons. The van der Waals surface area contributed by atoms with Crippen LogP contribution in [0, 0.1) is 0 Å². The number of benzene rings is 2. The molecule has 0 aliphatic carbocycles. The Bertz CT molecular complexity index is 1020. The molecule has 0 saturated carbocycles. The number of carboxylic acid groups (broad SMARTS) is 1. The number of hydrogen-bond acceptors (Lipinski definition) is 7. The summed E-state index contributed by atoms with van der Waals surface area (Å²) in [7, 11) is 1.16. The van der Waals surface area contributed by atoms with Gasteiger partial charge in [-0.1, -0.05) is 30.3 Å². The quantitative estimate of drug-likeness (QED) is 0.527. The van der Waals surface area contributed by atoms with Crippen LogP contribution in [0.5, 0.6) is 11.5 Å². The topological polar surface area (TPSA) is 139 Å². The van der Waals surface area contributed by atoms with Gasteiger partial charge in [0.2, 0.25) is 0 Å². The minimum atomic E-state index is -1.37. The van der Waals surface area contributed by atoms with E-state index in [1.54, 1.807) is 18.2 Å². The monoisotopic (exact) mass is 428 g/mol. The molecule has 1 atom stereocenters. The molecular formula is C21H20N2O8. The molecule has 2 aromatic carbocycles. The zero-order chi connectivity index (χ0) is 23.1. The number of esters is 2. The van der Waals surface area contributed by atoms with Crippen molar-refractivity contribution < 1.29 is 38.6 Å². The van der Waals surface area contributed by atoms with E-state index in [2.05, 4.69) is 5.32 Å². The van der Waals surface area contributed by atoms with Crippen molar-refractivity contribution in [1.82, 2.24) is 10.2 Å². The molecule has 2 rings (SSSR count). The van der Waals surface area contributed by atoms with Gasteiger partial charge in [-0.2, -0.15) is 0 Å². The lowest BCUT2D eigenvalue weighted by atomic mass is 10.1. The number of carbonyl (C=O) groups excluding carboxylic acids is 4. The fourth-order valence-electron chi connectivity index (χ4n) is 2.55. The molecule has 0 fully saturated rings. The van der Waals surface area contributed by atoms with Crippen LogP contribution in [0.15, 0.2) is 48.5 Å². The van der Waals surface area contributed by atoms with Crippen LogP contribution in [-0.4, -0.2) is 46.9 Å². The Morgan fingerprint density at radius 3 is 2.03 bits per heavy atom. The Labute approximate surface area is 177 Å². The summed E-state index contributed by atoms with van der Waals surface area (Å²) in [6.07, 6.45) is 0. The van der Waals surface area contributed by atoms with Gasteiger partial charge in [-0.05, 0) is 23.8 Å². The van der Waals surface area contributed by atoms with Crippen molar-refractivity contribution in [3.05, 3.63) is 59.7 Å². The van der Waals surface area contributed by atoms with Crippen LogP contribution in [0.25, 0.3) is 0 Å². The summed E-state index contributed by atoms with van der Waals surface area (Å²) >= 11 is 0. The van der Waals surface area contributed by atoms with Crippen LogP contribution in [0.4, 0.5) is 4.79 Å². The van der Waals surface area contributed by atoms with Crippen LogP contribution < -0.4 is 14.8 Å². The lowest BCUT2D eigenvalue weighted by Crippen LogP contribution is -2.44. The number of nitrogens with zero attached hydrogens (tertiary/aromatic N) is 1. The number of urea groups is 1. The van der Waals surface area contributed by atoms with Crippen LogP contribution in [0.3, 0.4) is 0 Å². The van der Waals surface area contributed by atoms with Crippen molar-refractivity contribution in [1.29, 1.82) is 0 Å². The van der Waals surface area contributed by atoms with E-state index >= 15 is 0 Å². The first-order chi connectivity index (χ1) is 14.6. The molecule has 1 unspecified atom stereocenters. The van der Waals surface area contributed by atoms with E-state index in [1.807, 2.05) is 0 Å². The smallest absolute Gasteiger partial charge is 0.330 e. The van der Waals surface area contributed by atoms with Crippen molar-refractivity contribution in [2.75, 3.05) is 7.05 Å². The van der Waals surface area contributed by atoms with Gasteiger partial charge in [0.25, 0.3) is 5.91 Å². The number of carbonyl (C=O) groups is 5. The Hall–Kier alpha value is -4.21. The fraction of sp³-hybridized carbons (Fsp3) is 0.190. The van der Waals surface area contributed by atoms with E-state index in [4.69, 9.17) is 9.47 Å². The molecule has 2 aromatic rings. The summed E-state index contributed by atoms with van der Waals surface area (Å²) in [6, 6.07) is 9.30. The number of carboxylic acids is 1. The highest BCUT2D eigenvalue weighted by Gasteiger charge is 2.27. The molecule has 0 aliphatic rings. The van der Waals surface area contributed by atoms with E-state index in [0.717, 1.165) is 27.0 Å². The van der Waals surface area contributed by atoms with Crippen molar-refractivity contribution >= 4 is 29.8 Å². The molecule has 3 amide bonds. The van der Waals surface area contributed by atoms with Gasteiger partial charge in [0.1, 0.15) is 0 Å². The maximum absolute atomic E-state index is 12.7. The number of hydrogen-bond donors (Lipinski definition) is 2. The lowest BCUT2D eigenvalue weighted by Gasteiger charge is -2.21. The standard InChI is InChI=1S/C21H20N2O8/c1-12(24)30-16-10-9-15(11-17(16)31-13(2)25)19(26)23(3)21(29)22-18(20(27)28)14-7-5-4-6-8-14/h4-11,18H,1-3H3,(H,22,29)(H,27,28). The molecule has 0 spiro atoms. The highest BCUT2D eigenvalue weighted by molar-refractivity contribution is 6.05. The molecular weight excluding hydrogens is 408 g/mol. The maximum atomic E-state index is 12.7. The summed E-state index contributed by atoms with van der Waals surface area (Å²) in [5, 5.41) is 11.7. The SMILES string of the molecule is CC(=O)Oc1ccc(C(=O)N(C)C(=O)NC(C(=O)O)c2ccccc2)cc1OC(C)=O. The number of nitrogens with one attached hydrogen (secondary N) is 1. The number of aliphatic carboxylic acids is 1. The first kappa shape index (κ1) is 23.1. The zero-order valence-corrected chi connectivity index (χ0v) is 16.9. The van der Waals surface area contributed by atoms with E-state index in [9.17, 15) is 29.1 Å². The average molecular weight is 428 g/mol. The van der Waals surface area contributed by atoms with E-state index < -0.39 is 35.9 Å². The normalized spacial score (nSPS) is 11.1. The Morgan fingerprint density at radius 2 is 1.48 bits per heavy atom. The van der Waals surface area contributed by atoms with Gasteiger partial charge in [-0.25, -0.2) is 9.59 Å². The molecule has 2 N–H and O–H groups in total. The summed E-state index contributed by atoms with van der Waals surface area (Å²) in [6.45, 7) is 2.28. The Kier molecular flexibility index (Phi) is 7.45. The summed E-state index contributed by atoms with van der Waals surface area (Å²) in [5.41, 5.74) is 0.267. The van der Waals surface area contributed by atoms with Gasteiger partial charge in [-0.15, -0.1) is 0 Å². The molecule has 0 aromatic heterocycles. The van der Waals surface area contributed by atoms with Gasteiger partial charge in [0, 0.05) is 26.5 Å². The predicted molar refractivity (Wildman–Crippen MR) is 107 cm³/mol. The minimum Gasteiger partial charge on any atom is -0.479 e. The fourth-order valence-corrected chi connectivity index (χ4v) is 2.55. The third-order valence-corrected chi connectivity index (χ3v) is 3.95. The summed E-state index contributed by atoms with van der Waals surface area (Å²) in [5.74, 6) is -3.75. The number of imide groups is 1. The molecule has 0 bridgehead atoms. The third-order valence-electron chi connectivity index (χ3n) is 3.95. The third kappa shape index (κ3) is 6.13. The zero-order valence-electron chi connectivity index (χ0n) is 16.9. The van der Waals surface area contributed by atoms with Crippen LogP contribution in [0.1, 0.15) is 35.8 Å². The number of amides is 3. The van der Waals surface area contributed by atoms with Gasteiger partial charge in [0.15, 0.2) is 17.5 Å². The van der Waals surface area contributed by atoms with Gasteiger partial charge in [0.05, 0.1) is 0 Å². The first-order valence-electron chi connectivity index (χ1n) is 8.97. The van der Waals surface area contributed by atoms with Crippen LogP contribution in [0.2, 0.25) is 0 Å². The maximum Gasteiger partial charge on any atom is 0.330 e. The largest absolute Gasteiger partial charge is 0.479 e. The van der Waals surface area contributed by atoms with Crippen LogP contribution in [-0.2, 0) is 14.4 Å². The van der Waals surface area contributed by atoms with Crippen molar-refractivity contribution in [2.45, 2.75) is 19.9 Å². The van der Waals surface area contributed by atoms with Crippen molar-refractivity contribution in [3.63, 3.8) is 0 Å². The van der Waals surface area contributed by atoms with Gasteiger partial charge >= 0.3 is 23.9 Å². The lowest BCUT2D eigenvalue weighted by molar-refractivity contribution is -0.139. The second-order valence-corrected chi connectivity index (χ2v) is 6.34. The summed E-state index contributed by atoms with van der Waals surface area (Å²) < 4.78 is 9.90. The van der Waals surface area contributed by atoms with Gasteiger partial charge in [-0.3, -0.25) is 19.3 Å². The molecule has 10 nitrogen and oxygen atoms in total. The van der Waals surface area contributed by atoms with Gasteiger partial charge < -0.3 is 19.9 Å². The van der Waals surface area contributed by atoms with E-state index in [0.29, 0.717) is 10.5 Å². The van der Waals surface area contributed by atoms with Crippen LogP contribution >= 0.6 is 0 Å². The summed E-state index contributed by atoms with van der Waals surface area (Å²) in [4.78, 5) is 60.0. The highest BCUT2D eigenvalue weighted by atomic mass is 16.6. The van der Waals surface area contributed by atoms with E-state index in [-0.39, 0.29) is 17.1 Å². The molecule has 0 heterocycles. The highest BCUT2D eigenvalue weighted by Crippen LogP contribution is 2.29. The predicted octanol–water partition coefficient (Wildman–Crippen LogP) is 2.14.